The van der Waals surface area contributed by atoms with E-state index < -0.39 is 10.0 Å². The van der Waals surface area contributed by atoms with Gasteiger partial charge in [0.2, 0.25) is 15.9 Å². The minimum atomic E-state index is -3.60. The van der Waals surface area contributed by atoms with Crippen molar-refractivity contribution in [2.75, 3.05) is 26.3 Å². The van der Waals surface area contributed by atoms with Gasteiger partial charge in [-0.05, 0) is 60.2 Å². The molecule has 0 saturated carbocycles. The van der Waals surface area contributed by atoms with E-state index in [1.807, 2.05) is 4.90 Å². The molecule has 1 N–H and O–H groups in total. The largest absolute Gasteiger partial charge is 0.486 e. The summed E-state index contributed by atoms with van der Waals surface area (Å²) in [6.07, 6.45) is 4.84. The number of fused-ring (bicyclic) bond motifs is 1. The van der Waals surface area contributed by atoms with Crippen molar-refractivity contribution >= 4 is 27.3 Å². The molecule has 168 valence electrons. The van der Waals surface area contributed by atoms with Crippen molar-refractivity contribution in [2.45, 2.75) is 49.5 Å². The van der Waals surface area contributed by atoms with Crippen LogP contribution in [0, 0.1) is 0 Å². The minimum absolute atomic E-state index is 0.167. The van der Waals surface area contributed by atoms with Gasteiger partial charge in [0, 0.05) is 25.6 Å². The summed E-state index contributed by atoms with van der Waals surface area (Å²) in [6, 6.07) is 6.96. The molecule has 0 radical (unpaired) electrons. The lowest BCUT2D eigenvalue weighted by molar-refractivity contribution is -0.132. The molecule has 4 rings (SSSR count). The second-order valence-corrected chi connectivity index (χ2v) is 10.4. The highest BCUT2D eigenvalue weighted by molar-refractivity contribution is 7.89. The van der Waals surface area contributed by atoms with Crippen LogP contribution in [0.25, 0.3) is 0 Å². The number of hydrogen-bond donors (Lipinski definition) is 1. The Morgan fingerprint density at radius 2 is 1.97 bits per heavy atom. The molecule has 1 aromatic carbocycles. The minimum Gasteiger partial charge on any atom is -0.486 e. The maximum atomic E-state index is 12.6. The lowest BCUT2D eigenvalue weighted by Gasteiger charge is -2.24. The predicted molar refractivity (Wildman–Crippen MR) is 119 cm³/mol. The van der Waals surface area contributed by atoms with Gasteiger partial charge < -0.3 is 14.4 Å². The van der Waals surface area contributed by atoms with Gasteiger partial charge in [0.05, 0.1) is 10.9 Å². The fraction of sp³-hybridized carbons (Fsp3) is 0.500. The molecule has 1 saturated heterocycles. The van der Waals surface area contributed by atoms with Gasteiger partial charge in [0.1, 0.15) is 13.2 Å². The summed E-state index contributed by atoms with van der Waals surface area (Å²) in [4.78, 5) is 14.8. The summed E-state index contributed by atoms with van der Waals surface area (Å²) in [5, 5.41) is 4.19. The predicted octanol–water partition coefficient (Wildman–Crippen LogP) is 3.72. The monoisotopic (exact) mass is 464 g/mol. The molecule has 1 fully saturated rings. The van der Waals surface area contributed by atoms with Crippen LogP contribution in [0.3, 0.4) is 0 Å². The van der Waals surface area contributed by atoms with Crippen molar-refractivity contribution in [3.05, 3.63) is 40.6 Å². The van der Waals surface area contributed by atoms with Gasteiger partial charge in [-0.25, -0.2) is 13.1 Å². The molecule has 0 aliphatic carbocycles. The first-order valence-corrected chi connectivity index (χ1v) is 13.2. The third-order valence-electron chi connectivity index (χ3n) is 5.68. The average molecular weight is 465 g/mol. The standard InChI is InChI=1S/C22H28N2O5S2/c25-22(24-11-4-5-19(24)17-9-14-30-16-17)6-2-1-3-10-23-31(26,27)18-7-8-20-21(15-18)29-13-12-28-20/h7-9,14-16,19,23H,1-6,10-13H2. The number of hydrogen-bond acceptors (Lipinski definition) is 6. The highest BCUT2D eigenvalue weighted by Gasteiger charge is 2.29. The molecule has 1 atom stereocenters. The van der Waals surface area contributed by atoms with Gasteiger partial charge in [-0.15, -0.1) is 0 Å². The molecular weight excluding hydrogens is 436 g/mol. The van der Waals surface area contributed by atoms with Gasteiger partial charge in [-0.1, -0.05) is 6.42 Å². The van der Waals surface area contributed by atoms with Crippen LogP contribution >= 0.6 is 11.3 Å². The van der Waals surface area contributed by atoms with Crippen LogP contribution in [0.5, 0.6) is 11.5 Å². The molecule has 2 aliphatic heterocycles. The van der Waals surface area contributed by atoms with E-state index in [0.29, 0.717) is 44.1 Å². The third kappa shape index (κ3) is 5.39. The Balaban J connectivity index is 1.18. The maximum Gasteiger partial charge on any atom is 0.240 e. The Bertz CT molecular complexity index is 991. The molecule has 3 heterocycles. The first-order chi connectivity index (χ1) is 15.0. The van der Waals surface area contributed by atoms with Crippen molar-refractivity contribution in [2.24, 2.45) is 0 Å². The number of thiophene rings is 1. The van der Waals surface area contributed by atoms with E-state index >= 15 is 0 Å². The van der Waals surface area contributed by atoms with Crippen molar-refractivity contribution in [3.8, 4) is 11.5 Å². The Kier molecular flexibility index (Phi) is 7.14. The summed E-state index contributed by atoms with van der Waals surface area (Å²) in [6.45, 7) is 2.04. The number of likely N-dealkylation sites (tertiary alicyclic amines) is 1. The number of sulfonamides is 1. The smallest absolute Gasteiger partial charge is 0.240 e. The molecular formula is C22H28N2O5S2. The lowest BCUT2D eigenvalue weighted by Crippen LogP contribution is -2.30. The highest BCUT2D eigenvalue weighted by atomic mass is 32.2. The van der Waals surface area contributed by atoms with Crippen molar-refractivity contribution in [1.29, 1.82) is 0 Å². The second kappa shape index (κ2) is 10.0. The second-order valence-electron chi connectivity index (χ2n) is 7.82. The zero-order chi connectivity index (χ0) is 21.7. The number of amides is 1. The Morgan fingerprint density at radius 3 is 2.77 bits per heavy atom. The fourth-order valence-electron chi connectivity index (χ4n) is 4.08. The molecule has 1 aromatic heterocycles. The molecule has 0 spiro atoms. The highest BCUT2D eigenvalue weighted by Crippen LogP contribution is 2.34. The summed E-state index contributed by atoms with van der Waals surface area (Å²) in [7, 11) is -3.60. The zero-order valence-corrected chi connectivity index (χ0v) is 19.1. The van der Waals surface area contributed by atoms with Gasteiger partial charge in [-0.2, -0.15) is 11.3 Å². The van der Waals surface area contributed by atoms with Crippen LogP contribution < -0.4 is 14.2 Å². The number of carbonyl (C=O) groups excluding carboxylic acids is 1. The molecule has 7 nitrogen and oxygen atoms in total. The van der Waals surface area contributed by atoms with Crippen molar-refractivity contribution in [1.82, 2.24) is 9.62 Å². The van der Waals surface area contributed by atoms with Gasteiger partial charge in [0.25, 0.3) is 0 Å². The first kappa shape index (κ1) is 22.1. The summed E-state index contributed by atoms with van der Waals surface area (Å²) < 4.78 is 38.6. The van der Waals surface area contributed by atoms with E-state index in [-0.39, 0.29) is 16.8 Å². The number of ether oxygens (including phenoxy) is 2. The quantitative estimate of drug-likeness (QED) is 0.572. The number of unbranched alkanes of at least 4 members (excludes halogenated alkanes) is 2. The van der Waals surface area contributed by atoms with Crippen LogP contribution in [0.15, 0.2) is 39.9 Å². The Morgan fingerprint density at radius 1 is 1.13 bits per heavy atom. The number of nitrogens with zero attached hydrogens (tertiary/aromatic N) is 1. The summed E-state index contributed by atoms with van der Waals surface area (Å²) in [5.74, 6) is 1.22. The molecule has 1 unspecified atom stereocenters. The topological polar surface area (TPSA) is 84.9 Å². The third-order valence-corrected chi connectivity index (χ3v) is 7.84. The van der Waals surface area contributed by atoms with Crippen molar-refractivity contribution < 1.29 is 22.7 Å². The number of rotatable bonds is 9. The summed E-state index contributed by atoms with van der Waals surface area (Å²) >= 11 is 1.67. The van der Waals surface area contributed by atoms with E-state index in [2.05, 4.69) is 21.5 Å². The van der Waals surface area contributed by atoms with Gasteiger partial charge >= 0.3 is 0 Å². The molecule has 2 aromatic rings. The number of carbonyl (C=O) groups is 1. The van der Waals surface area contributed by atoms with Gasteiger partial charge in [-0.3, -0.25) is 4.79 Å². The van der Waals surface area contributed by atoms with E-state index in [1.54, 1.807) is 17.4 Å². The molecule has 9 heteroatoms. The molecule has 1 amide bonds. The maximum absolute atomic E-state index is 12.6. The molecule has 2 aliphatic rings. The molecule has 31 heavy (non-hydrogen) atoms. The summed E-state index contributed by atoms with van der Waals surface area (Å²) in [5.41, 5.74) is 1.24. The number of benzene rings is 1. The van der Waals surface area contributed by atoms with E-state index in [9.17, 15) is 13.2 Å². The van der Waals surface area contributed by atoms with Gasteiger partial charge in [0.15, 0.2) is 11.5 Å². The van der Waals surface area contributed by atoms with E-state index in [1.165, 1.54) is 17.7 Å². The average Bonchev–Trinajstić information content (AvgIpc) is 3.47. The van der Waals surface area contributed by atoms with Crippen LogP contribution in [0.1, 0.15) is 50.1 Å². The Hall–Kier alpha value is -2.10. The van der Waals surface area contributed by atoms with Crippen LogP contribution in [0.2, 0.25) is 0 Å². The van der Waals surface area contributed by atoms with Crippen molar-refractivity contribution in [3.63, 3.8) is 0 Å². The van der Waals surface area contributed by atoms with Crippen LogP contribution in [0.4, 0.5) is 0 Å². The zero-order valence-electron chi connectivity index (χ0n) is 17.4. The lowest BCUT2D eigenvalue weighted by atomic mass is 10.1. The van der Waals surface area contributed by atoms with Crippen LogP contribution in [-0.2, 0) is 14.8 Å². The van der Waals surface area contributed by atoms with E-state index in [4.69, 9.17) is 9.47 Å². The SMILES string of the molecule is O=C(CCCCCNS(=O)(=O)c1ccc2c(c1)OCCO2)N1CCCC1c1ccsc1. The molecule has 0 bridgehead atoms. The number of nitrogens with one attached hydrogen (secondary N) is 1. The normalized spacial score (nSPS) is 18.3. The van der Waals surface area contributed by atoms with Crippen LogP contribution in [-0.4, -0.2) is 45.5 Å². The van der Waals surface area contributed by atoms with E-state index in [0.717, 1.165) is 32.2 Å². The Labute approximate surface area is 187 Å². The fourth-order valence-corrected chi connectivity index (χ4v) is 5.87. The first-order valence-electron chi connectivity index (χ1n) is 10.8.